The predicted octanol–water partition coefficient (Wildman–Crippen LogP) is 5.58. The van der Waals surface area contributed by atoms with Crippen molar-refractivity contribution in [3.8, 4) is 5.75 Å². The third-order valence-electron chi connectivity index (χ3n) is 4.47. The number of aliphatic hydroxyl groups is 1. The summed E-state index contributed by atoms with van der Waals surface area (Å²) in [7, 11) is 0. The molecule has 0 aliphatic carbocycles. The van der Waals surface area contributed by atoms with Gasteiger partial charge in [-0.25, -0.2) is 4.79 Å². The molecule has 1 atom stereocenters. The lowest BCUT2D eigenvalue weighted by Crippen LogP contribution is -2.16. The summed E-state index contributed by atoms with van der Waals surface area (Å²) in [5.41, 5.74) is 1.78. The van der Waals surface area contributed by atoms with E-state index in [1.165, 1.54) is 0 Å². The van der Waals surface area contributed by atoms with Gasteiger partial charge in [0, 0.05) is 27.4 Å². The van der Waals surface area contributed by atoms with E-state index < -0.39 is 12.1 Å². The number of fused-ring (bicyclic) bond motifs is 1. The lowest BCUT2D eigenvalue weighted by molar-refractivity contribution is -0.153. The van der Waals surface area contributed by atoms with E-state index in [1.54, 1.807) is 57.2 Å². The molecule has 3 aromatic carbocycles. The Morgan fingerprint density at radius 1 is 1.03 bits per heavy atom. The van der Waals surface area contributed by atoms with Crippen LogP contribution in [0.25, 0.3) is 10.8 Å². The van der Waals surface area contributed by atoms with Crippen molar-refractivity contribution in [1.82, 2.24) is 0 Å². The van der Waals surface area contributed by atoms with Crippen molar-refractivity contribution in [3.63, 3.8) is 0 Å². The Bertz CT molecular complexity index is 1080. The van der Waals surface area contributed by atoms with Crippen LogP contribution in [0.2, 0.25) is 10.0 Å². The summed E-state index contributed by atoms with van der Waals surface area (Å²) in [6, 6.07) is 14.2. The van der Waals surface area contributed by atoms with Crippen LogP contribution in [-0.4, -0.2) is 28.6 Å². The number of esters is 1. The smallest absolute Gasteiger partial charge is 0.339 e. The van der Waals surface area contributed by atoms with E-state index in [0.717, 1.165) is 10.9 Å². The molecule has 0 fully saturated rings. The number of ether oxygens (including phenoxy) is 1. The average molecular weight is 463 g/mol. The number of phenolic OH excluding ortho intramolecular Hbond substituents is 1. The monoisotopic (exact) mass is 462 g/mol. The Labute approximate surface area is 191 Å². The highest BCUT2D eigenvalue weighted by molar-refractivity contribution is 6.31. The van der Waals surface area contributed by atoms with Gasteiger partial charge in [0.25, 0.3) is 0 Å². The summed E-state index contributed by atoms with van der Waals surface area (Å²) in [6.45, 7) is 5.10. The van der Waals surface area contributed by atoms with Gasteiger partial charge in [0.1, 0.15) is 11.5 Å². The number of aliphatic hydroxyl groups excluding tert-OH is 1. The molecule has 0 aromatic heterocycles. The lowest BCUT2D eigenvalue weighted by Gasteiger charge is -2.16. The molecule has 0 heterocycles. The SMILES string of the molecule is CC(=O)Cc1ccc(Cl)cc1.CCOC(=O)C(O)c1c(C)cc2ccc(Cl)cc2c1O. The van der Waals surface area contributed by atoms with Gasteiger partial charge < -0.3 is 14.9 Å². The molecular formula is C24H24Cl2O5. The zero-order chi connectivity index (χ0) is 23.1. The Morgan fingerprint density at radius 2 is 1.65 bits per heavy atom. The molecule has 5 nitrogen and oxygen atoms in total. The summed E-state index contributed by atoms with van der Waals surface area (Å²) < 4.78 is 4.78. The molecule has 31 heavy (non-hydrogen) atoms. The fourth-order valence-corrected chi connectivity index (χ4v) is 3.37. The van der Waals surface area contributed by atoms with Crippen LogP contribution in [0.5, 0.6) is 5.75 Å². The summed E-state index contributed by atoms with van der Waals surface area (Å²) >= 11 is 11.6. The number of Topliss-reactive ketones (excluding diaryl/α,β-unsaturated/α-hetero) is 1. The highest BCUT2D eigenvalue weighted by Crippen LogP contribution is 2.37. The number of hydrogen-bond acceptors (Lipinski definition) is 5. The van der Waals surface area contributed by atoms with E-state index in [0.29, 0.717) is 27.4 Å². The summed E-state index contributed by atoms with van der Waals surface area (Å²) in [6.07, 6.45) is -1.02. The molecule has 0 spiro atoms. The fraction of sp³-hybridized carbons (Fsp3) is 0.250. The molecule has 164 valence electrons. The van der Waals surface area contributed by atoms with Crippen LogP contribution in [0.15, 0.2) is 48.5 Å². The second-order valence-electron chi connectivity index (χ2n) is 6.98. The number of hydrogen-bond donors (Lipinski definition) is 2. The largest absolute Gasteiger partial charge is 0.507 e. The molecule has 0 aliphatic rings. The zero-order valence-corrected chi connectivity index (χ0v) is 19.0. The molecule has 1 unspecified atom stereocenters. The van der Waals surface area contributed by atoms with Crippen molar-refractivity contribution in [1.29, 1.82) is 0 Å². The highest BCUT2D eigenvalue weighted by Gasteiger charge is 2.25. The maximum Gasteiger partial charge on any atom is 0.339 e. The van der Waals surface area contributed by atoms with Crippen molar-refractivity contribution in [2.24, 2.45) is 0 Å². The van der Waals surface area contributed by atoms with Crippen LogP contribution < -0.4 is 0 Å². The number of carbonyl (C=O) groups is 2. The first kappa shape index (κ1) is 24.7. The molecule has 0 bridgehead atoms. The van der Waals surface area contributed by atoms with E-state index in [2.05, 4.69) is 0 Å². The van der Waals surface area contributed by atoms with Gasteiger partial charge in [-0.15, -0.1) is 0 Å². The maximum absolute atomic E-state index is 11.6. The average Bonchev–Trinajstić information content (AvgIpc) is 2.70. The molecular weight excluding hydrogens is 439 g/mol. The molecule has 0 radical (unpaired) electrons. The van der Waals surface area contributed by atoms with E-state index in [1.807, 2.05) is 12.1 Å². The van der Waals surface area contributed by atoms with Crippen molar-refractivity contribution in [2.75, 3.05) is 6.61 Å². The van der Waals surface area contributed by atoms with Crippen molar-refractivity contribution in [2.45, 2.75) is 33.3 Å². The summed E-state index contributed by atoms with van der Waals surface area (Å²) in [4.78, 5) is 22.3. The van der Waals surface area contributed by atoms with Gasteiger partial charge in [0.2, 0.25) is 0 Å². The number of ketones is 1. The van der Waals surface area contributed by atoms with Gasteiger partial charge in [0.05, 0.1) is 6.61 Å². The van der Waals surface area contributed by atoms with Crippen LogP contribution in [0.3, 0.4) is 0 Å². The standard InChI is InChI=1S/C15H15ClO4.C9H9ClO/c1-3-20-15(19)14(18)12-8(2)6-9-4-5-10(16)7-11(9)13(12)17;1-7(11)6-8-2-4-9(10)5-3-8/h4-7,14,17-18H,3H2,1-2H3;2-5H,6H2,1H3. The molecule has 0 saturated heterocycles. The number of phenols is 1. The van der Waals surface area contributed by atoms with Gasteiger partial charge in [-0.1, -0.05) is 47.5 Å². The van der Waals surface area contributed by atoms with Crippen LogP contribution >= 0.6 is 23.2 Å². The Kier molecular flexibility index (Phi) is 8.87. The minimum atomic E-state index is -1.52. The first-order valence-electron chi connectivity index (χ1n) is 9.64. The van der Waals surface area contributed by atoms with Gasteiger partial charge in [-0.05, 0) is 61.5 Å². The van der Waals surface area contributed by atoms with Crippen LogP contribution in [-0.2, 0) is 20.7 Å². The molecule has 2 N–H and O–H groups in total. The quantitative estimate of drug-likeness (QED) is 0.483. The second kappa shape index (κ2) is 11.1. The normalized spacial score (nSPS) is 11.4. The first-order chi connectivity index (χ1) is 14.6. The van der Waals surface area contributed by atoms with E-state index >= 15 is 0 Å². The minimum Gasteiger partial charge on any atom is -0.507 e. The van der Waals surface area contributed by atoms with Gasteiger partial charge in [-0.3, -0.25) is 4.79 Å². The van der Waals surface area contributed by atoms with E-state index in [9.17, 15) is 19.8 Å². The number of carbonyl (C=O) groups excluding carboxylic acids is 2. The third kappa shape index (κ3) is 6.69. The zero-order valence-electron chi connectivity index (χ0n) is 17.5. The lowest BCUT2D eigenvalue weighted by atomic mass is 9.96. The topological polar surface area (TPSA) is 83.8 Å². The van der Waals surface area contributed by atoms with Gasteiger partial charge >= 0.3 is 5.97 Å². The summed E-state index contributed by atoms with van der Waals surface area (Å²) in [5.74, 6) is -0.761. The van der Waals surface area contributed by atoms with Crippen LogP contribution in [0.1, 0.15) is 36.6 Å². The molecule has 3 aromatic rings. The molecule has 0 saturated carbocycles. The Balaban J connectivity index is 0.000000262. The van der Waals surface area contributed by atoms with Crippen molar-refractivity contribution >= 4 is 45.7 Å². The third-order valence-corrected chi connectivity index (χ3v) is 4.96. The van der Waals surface area contributed by atoms with Crippen LogP contribution in [0.4, 0.5) is 0 Å². The molecule has 3 rings (SSSR count). The predicted molar refractivity (Wildman–Crippen MR) is 123 cm³/mol. The minimum absolute atomic E-state index is 0.150. The number of rotatable bonds is 5. The number of halogens is 2. The molecule has 7 heteroatoms. The molecule has 0 amide bonds. The molecule has 0 aliphatic heterocycles. The Morgan fingerprint density at radius 3 is 2.23 bits per heavy atom. The fourth-order valence-electron chi connectivity index (χ4n) is 3.08. The first-order valence-corrected chi connectivity index (χ1v) is 10.4. The summed E-state index contributed by atoms with van der Waals surface area (Å²) in [5, 5.41) is 22.8. The highest BCUT2D eigenvalue weighted by atomic mass is 35.5. The maximum atomic E-state index is 11.6. The van der Waals surface area contributed by atoms with Gasteiger partial charge in [-0.2, -0.15) is 0 Å². The van der Waals surface area contributed by atoms with E-state index in [-0.39, 0.29) is 23.7 Å². The van der Waals surface area contributed by atoms with Gasteiger partial charge in [0.15, 0.2) is 6.10 Å². The number of aromatic hydroxyl groups is 1. The second-order valence-corrected chi connectivity index (χ2v) is 7.85. The number of benzene rings is 3. The number of aryl methyl sites for hydroxylation is 1. The Hall–Kier alpha value is -2.60. The van der Waals surface area contributed by atoms with Crippen molar-refractivity contribution < 1.29 is 24.5 Å². The van der Waals surface area contributed by atoms with E-state index in [4.69, 9.17) is 27.9 Å². The van der Waals surface area contributed by atoms with Crippen LogP contribution in [0, 0.1) is 6.92 Å². The van der Waals surface area contributed by atoms with Crippen molar-refractivity contribution in [3.05, 3.63) is 75.3 Å².